The molecule has 0 saturated carbocycles. The van der Waals surface area contributed by atoms with Crippen molar-refractivity contribution in [1.29, 1.82) is 0 Å². The van der Waals surface area contributed by atoms with Crippen LogP contribution in [0.25, 0.3) is 0 Å². The Kier molecular flexibility index (Phi) is 3.23. The van der Waals surface area contributed by atoms with Crippen LogP contribution in [0.15, 0.2) is 5.38 Å². The van der Waals surface area contributed by atoms with Crippen LogP contribution in [-0.4, -0.2) is 11.0 Å². The Balaban J connectivity index is 2.58. The maximum Gasteiger partial charge on any atom is 0.110 e. The fourth-order valence-electron chi connectivity index (χ4n) is 1.14. The number of hydrogen-bond donors (Lipinski definition) is 1. The molecule has 3 heteroatoms. The topological polar surface area (TPSA) is 24.9 Å². The average Bonchev–Trinajstić information content (AvgIpc) is 2.34. The van der Waals surface area contributed by atoms with Gasteiger partial charge in [0.1, 0.15) is 5.01 Å². The highest BCUT2D eigenvalue weighted by Gasteiger charge is 2.09. The second-order valence-electron chi connectivity index (χ2n) is 3.37. The molecule has 68 valence electrons. The number of nitrogens with one attached hydrogen (secondary N) is 1. The van der Waals surface area contributed by atoms with E-state index in [9.17, 15) is 0 Å². The van der Waals surface area contributed by atoms with Gasteiger partial charge in [-0.15, -0.1) is 11.3 Å². The zero-order valence-corrected chi connectivity index (χ0v) is 8.90. The molecule has 1 N–H and O–H groups in total. The number of aromatic nitrogens is 1. The Morgan fingerprint density at radius 3 is 2.50 bits per heavy atom. The molecular weight excluding hydrogens is 168 g/mol. The van der Waals surface area contributed by atoms with Crippen LogP contribution in [-0.2, 0) is 0 Å². The third kappa shape index (κ3) is 2.57. The van der Waals surface area contributed by atoms with Gasteiger partial charge in [-0.2, -0.15) is 0 Å². The predicted octanol–water partition coefficient (Wildman–Crippen LogP) is 2.51. The Bertz CT molecular complexity index is 242. The van der Waals surface area contributed by atoms with Gasteiger partial charge in [0.25, 0.3) is 0 Å². The van der Waals surface area contributed by atoms with Gasteiger partial charge in [0.05, 0.1) is 6.04 Å². The molecule has 12 heavy (non-hydrogen) atoms. The van der Waals surface area contributed by atoms with Gasteiger partial charge in [-0.25, -0.2) is 4.98 Å². The highest BCUT2D eigenvalue weighted by atomic mass is 32.1. The Morgan fingerprint density at radius 1 is 1.42 bits per heavy atom. The molecule has 1 atom stereocenters. The Morgan fingerprint density at radius 2 is 2.08 bits per heavy atom. The molecule has 1 aromatic heterocycles. The number of rotatable bonds is 3. The van der Waals surface area contributed by atoms with E-state index < -0.39 is 0 Å². The molecule has 0 bridgehead atoms. The smallest absolute Gasteiger partial charge is 0.110 e. The zero-order valence-electron chi connectivity index (χ0n) is 8.09. The Hall–Kier alpha value is -0.410. The quantitative estimate of drug-likeness (QED) is 0.780. The van der Waals surface area contributed by atoms with Gasteiger partial charge in [0.2, 0.25) is 0 Å². The van der Waals surface area contributed by atoms with Crippen LogP contribution in [0.4, 0.5) is 0 Å². The number of thiazole rings is 1. The molecule has 0 amide bonds. The fraction of sp³-hybridized carbons (Fsp3) is 0.667. The monoisotopic (exact) mass is 184 g/mol. The minimum Gasteiger partial charge on any atom is -0.306 e. The largest absolute Gasteiger partial charge is 0.306 e. The van der Waals surface area contributed by atoms with E-state index >= 15 is 0 Å². The lowest BCUT2D eigenvalue weighted by Crippen LogP contribution is -2.25. The van der Waals surface area contributed by atoms with Gasteiger partial charge < -0.3 is 5.32 Å². The van der Waals surface area contributed by atoms with Gasteiger partial charge in [-0.1, -0.05) is 13.8 Å². The Labute approximate surface area is 78.0 Å². The summed E-state index contributed by atoms with van der Waals surface area (Å²) in [5.41, 5.74) is 1.12. The second kappa shape index (κ2) is 4.01. The molecule has 2 nitrogen and oxygen atoms in total. The third-order valence-electron chi connectivity index (χ3n) is 1.59. The summed E-state index contributed by atoms with van der Waals surface area (Å²) >= 11 is 1.73. The van der Waals surface area contributed by atoms with E-state index in [0.29, 0.717) is 12.1 Å². The molecule has 0 aliphatic rings. The molecule has 1 rings (SSSR count). The van der Waals surface area contributed by atoms with Gasteiger partial charge in [0.15, 0.2) is 0 Å². The van der Waals surface area contributed by atoms with Crippen molar-refractivity contribution in [2.75, 3.05) is 0 Å². The molecule has 0 aliphatic heterocycles. The molecule has 1 aromatic rings. The number of hydrogen-bond acceptors (Lipinski definition) is 3. The lowest BCUT2D eigenvalue weighted by atomic mass is 10.3. The lowest BCUT2D eigenvalue weighted by molar-refractivity contribution is 0.504. The van der Waals surface area contributed by atoms with Crippen molar-refractivity contribution in [1.82, 2.24) is 10.3 Å². The van der Waals surface area contributed by atoms with Gasteiger partial charge in [0, 0.05) is 17.1 Å². The fourth-order valence-corrected chi connectivity index (χ4v) is 1.96. The van der Waals surface area contributed by atoms with Crippen molar-refractivity contribution in [3.05, 3.63) is 16.1 Å². The summed E-state index contributed by atoms with van der Waals surface area (Å²) in [6.45, 7) is 8.48. The van der Waals surface area contributed by atoms with Crippen molar-refractivity contribution in [2.24, 2.45) is 0 Å². The van der Waals surface area contributed by atoms with Crippen LogP contribution in [0.1, 0.15) is 37.5 Å². The molecule has 0 aliphatic carbocycles. The van der Waals surface area contributed by atoms with E-state index in [1.165, 1.54) is 5.01 Å². The summed E-state index contributed by atoms with van der Waals surface area (Å²) in [5.74, 6) is 0. The highest BCUT2D eigenvalue weighted by Crippen LogP contribution is 2.17. The van der Waals surface area contributed by atoms with Crippen LogP contribution in [0.2, 0.25) is 0 Å². The molecule has 0 radical (unpaired) electrons. The third-order valence-corrected chi connectivity index (χ3v) is 2.74. The predicted molar refractivity (Wildman–Crippen MR) is 53.5 cm³/mol. The maximum absolute atomic E-state index is 4.42. The zero-order chi connectivity index (χ0) is 9.14. The first-order chi connectivity index (χ1) is 5.59. The maximum atomic E-state index is 4.42. The van der Waals surface area contributed by atoms with Crippen LogP contribution in [0, 0.1) is 6.92 Å². The SMILES string of the molecule is Cc1csc(C(C)NC(C)C)n1. The van der Waals surface area contributed by atoms with Gasteiger partial charge in [-0.05, 0) is 13.8 Å². The molecular formula is C9H16N2S. The van der Waals surface area contributed by atoms with E-state index in [1.54, 1.807) is 11.3 Å². The van der Waals surface area contributed by atoms with Crippen molar-refractivity contribution in [3.8, 4) is 0 Å². The standard InChI is InChI=1S/C9H16N2S/c1-6(2)10-8(4)9-11-7(3)5-12-9/h5-6,8,10H,1-4H3. The molecule has 0 aromatic carbocycles. The summed E-state index contributed by atoms with van der Waals surface area (Å²) in [6, 6.07) is 0.896. The van der Waals surface area contributed by atoms with Crippen LogP contribution in [0.3, 0.4) is 0 Å². The highest BCUT2D eigenvalue weighted by molar-refractivity contribution is 7.09. The lowest BCUT2D eigenvalue weighted by Gasteiger charge is -2.13. The summed E-state index contributed by atoms with van der Waals surface area (Å²) < 4.78 is 0. The van der Waals surface area contributed by atoms with Crippen molar-refractivity contribution < 1.29 is 0 Å². The minimum atomic E-state index is 0.378. The van der Waals surface area contributed by atoms with E-state index in [0.717, 1.165) is 5.69 Å². The molecule has 1 unspecified atom stereocenters. The first-order valence-corrected chi connectivity index (χ1v) is 5.15. The van der Waals surface area contributed by atoms with Crippen LogP contribution in [0.5, 0.6) is 0 Å². The number of aryl methyl sites for hydroxylation is 1. The second-order valence-corrected chi connectivity index (χ2v) is 4.26. The van der Waals surface area contributed by atoms with Crippen LogP contribution < -0.4 is 5.32 Å². The van der Waals surface area contributed by atoms with Crippen LogP contribution >= 0.6 is 11.3 Å². The summed E-state index contributed by atoms with van der Waals surface area (Å²) in [5, 5.41) is 6.69. The molecule has 1 heterocycles. The first kappa shape index (κ1) is 9.68. The molecule has 0 fully saturated rings. The van der Waals surface area contributed by atoms with Crippen molar-refractivity contribution in [2.45, 2.75) is 39.8 Å². The van der Waals surface area contributed by atoms with Crippen molar-refractivity contribution >= 4 is 11.3 Å². The average molecular weight is 184 g/mol. The van der Waals surface area contributed by atoms with Crippen molar-refractivity contribution in [3.63, 3.8) is 0 Å². The number of nitrogens with zero attached hydrogens (tertiary/aromatic N) is 1. The van der Waals surface area contributed by atoms with E-state index in [4.69, 9.17) is 0 Å². The van der Waals surface area contributed by atoms with E-state index in [2.05, 4.69) is 36.5 Å². The summed E-state index contributed by atoms with van der Waals surface area (Å²) in [7, 11) is 0. The summed E-state index contributed by atoms with van der Waals surface area (Å²) in [6.07, 6.45) is 0. The molecule has 0 spiro atoms. The van der Waals surface area contributed by atoms with Gasteiger partial charge in [-0.3, -0.25) is 0 Å². The van der Waals surface area contributed by atoms with Gasteiger partial charge >= 0.3 is 0 Å². The van der Waals surface area contributed by atoms with E-state index in [-0.39, 0.29) is 0 Å². The summed E-state index contributed by atoms with van der Waals surface area (Å²) in [4.78, 5) is 4.42. The first-order valence-electron chi connectivity index (χ1n) is 4.27. The minimum absolute atomic E-state index is 0.378. The normalized spacial score (nSPS) is 13.8. The molecule has 0 saturated heterocycles. The van der Waals surface area contributed by atoms with E-state index in [1.807, 2.05) is 6.92 Å².